The fourth-order valence-corrected chi connectivity index (χ4v) is 4.93. The molecule has 2 aromatic carbocycles. The van der Waals surface area contributed by atoms with Crippen molar-refractivity contribution in [1.29, 1.82) is 0 Å². The van der Waals surface area contributed by atoms with Gasteiger partial charge in [0.25, 0.3) is 0 Å². The van der Waals surface area contributed by atoms with Gasteiger partial charge in [0.15, 0.2) is 5.82 Å². The first-order chi connectivity index (χ1) is 19.4. The van der Waals surface area contributed by atoms with Crippen LogP contribution in [0.25, 0.3) is 11.4 Å². The molecule has 3 aromatic rings. The van der Waals surface area contributed by atoms with Gasteiger partial charge in [0.05, 0.1) is 32.0 Å². The molecule has 2 saturated heterocycles. The van der Waals surface area contributed by atoms with E-state index >= 15 is 0 Å². The van der Waals surface area contributed by atoms with Crippen molar-refractivity contribution >= 4 is 35.3 Å². The highest BCUT2D eigenvalue weighted by Crippen LogP contribution is 2.37. The lowest BCUT2D eigenvalue weighted by Crippen LogP contribution is -2.40. The number of ether oxygens (including phenoxy) is 3. The molecule has 12 nitrogen and oxygen atoms in total. The molecule has 6 rings (SSSR count). The predicted molar refractivity (Wildman–Crippen MR) is 149 cm³/mol. The average Bonchev–Trinajstić information content (AvgIpc) is 3.21. The van der Waals surface area contributed by atoms with Gasteiger partial charge in [-0.05, 0) is 56.3 Å². The number of rotatable bonds is 5. The molecular weight excluding hydrogens is 514 g/mol. The van der Waals surface area contributed by atoms with Crippen LogP contribution in [0.4, 0.5) is 28.1 Å². The van der Waals surface area contributed by atoms with Gasteiger partial charge < -0.3 is 34.6 Å². The number of hydrogen-bond acceptors (Lipinski definition) is 10. The summed E-state index contributed by atoms with van der Waals surface area (Å²) in [5.41, 5.74) is 2.49. The zero-order valence-electron chi connectivity index (χ0n) is 22.5. The van der Waals surface area contributed by atoms with Gasteiger partial charge in [0.2, 0.25) is 11.9 Å². The van der Waals surface area contributed by atoms with E-state index in [2.05, 4.69) is 20.4 Å². The summed E-state index contributed by atoms with van der Waals surface area (Å²) in [5.74, 6) is 1.46. The second-order valence-electron chi connectivity index (χ2n) is 10.3. The average molecular weight is 546 g/mol. The van der Waals surface area contributed by atoms with Crippen LogP contribution >= 0.6 is 0 Å². The van der Waals surface area contributed by atoms with Crippen molar-refractivity contribution in [2.45, 2.75) is 19.4 Å². The number of carbonyl (C=O) groups excluding carboxylic acids is 2. The highest BCUT2D eigenvalue weighted by Gasteiger charge is 2.37. The topological polar surface area (TPSA) is 131 Å². The van der Waals surface area contributed by atoms with Crippen LogP contribution in [-0.2, 0) is 19.8 Å². The van der Waals surface area contributed by atoms with Gasteiger partial charge in [-0.1, -0.05) is 0 Å². The number of nitrogens with one attached hydrogen (secondary N) is 2. The van der Waals surface area contributed by atoms with Crippen LogP contribution in [0.3, 0.4) is 0 Å². The Balaban J connectivity index is 1.18. The summed E-state index contributed by atoms with van der Waals surface area (Å²) in [4.78, 5) is 43.3. The number of hydrogen-bond donors (Lipinski definition) is 2. The number of carbonyl (C=O) groups is 2. The Kier molecular flexibility index (Phi) is 6.95. The standard InChI is InChI=1S/C28H31N7O5/c1-28(2)22-17-20(7-8-21(22)24(36)40-28)30-27(37)29-19-5-3-18(4-6-19)23-31-25(34-9-13-38-14-10-34)33-26(32-23)35-11-15-39-16-12-35/h3-8,17H,9-16H2,1-2H3,(H2,29,30,37). The number of cyclic esters (lactones) is 1. The third kappa shape index (κ3) is 5.40. The highest BCUT2D eigenvalue weighted by molar-refractivity contribution is 6.01. The second kappa shape index (κ2) is 10.7. The van der Waals surface area contributed by atoms with E-state index in [1.165, 1.54) is 0 Å². The molecule has 0 spiro atoms. The fraction of sp³-hybridized carbons (Fsp3) is 0.393. The number of esters is 1. The fourth-order valence-electron chi connectivity index (χ4n) is 4.93. The maximum absolute atomic E-state index is 12.7. The Morgan fingerprint density at radius 3 is 1.95 bits per heavy atom. The summed E-state index contributed by atoms with van der Waals surface area (Å²) in [5, 5.41) is 5.67. The number of benzene rings is 2. The molecule has 4 heterocycles. The molecule has 40 heavy (non-hydrogen) atoms. The number of fused-ring (bicyclic) bond motifs is 1. The maximum Gasteiger partial charge on any atom is 0.339 e. The Bertz CT molecular complexity index is 1380. The number of urea groups is 1. The van der Waals surface area contributed by atoms with Gasteiger partial charge in [-0.25, -0.2) is 9.59 Å². The third-order valence-corrected chi connectivity index (χ3v) is 7.09. The van der Waals surface area contributed by atoms with Crippen LogP contribution in [0.1, 0.15) is 29.8 Å². The van der Waals surface area contributed by atoms with Crippen molar-refractivity contribution in [3.05, 3.63) is 53.6 Å². The van der Waals surface area contributed by atoms with Crippen molar-refractivity contribution in [2.75, 3.05) is 73.0 Å². The summed E-state index contributed by atoms with van der Waals surface area (Å²) in [6.07, 6.45) is 0. The monoisotopic (exact) mass is 545 g/mol. The van der Waals surface area contributed by atoms with Gasteiger partial charge >= 0.3 is 12.0 Å². The van der Waals surface area contributed by atoms with E-state index in [0.717, 1.165) is 37.3 Å². The first kappa shape index (κ1) is 26.0. The number of nitrogens with zero attached hydrogens (tertiary/aromatic N) is 5. The number of amides is 2. The molecule has 0 radical (unpaired) electrons. The first-order valence-corrected chi connectivity index (χ1v) is 13.3. The SMILES string of the molecule is CC1(C)OC(=O)c2ccc(NC(=O)Nc3ccc(-c4nc(N5CCOCC5)nc(N5CCOCC5)n4)cc3)cc21. The molecule has 0 saturated carbocycles. The molecule has 2 N–H and O–H groups in total. The van der Waals surface area contributed by atoms with Crippen molar-refractivity contribution in [1.82, 2.24) is 15.0 Å². The second-order valence-corrected chi connectivity index (χ2v) is 10.3. The number of aromatic nitrogens is 3. The minimum Gasteiger partial charge on any atom is -0.451 e. The maximum atomic E-state index is 12.7. The van der Waals surface area contributed by atoms with E-state index in [9.17, 15) is 9.59 Å². The zero-order chi connectivity index (χ0) is 27.7. The highest BCUT2D eigenvalue weighted by atomic mass is 16.6. The van der Waals surface area contributed by atoms with Crippen LogP contribution in [0.15, 0.2) is 42.5 Å². The molecular formula is C28H31N7O5. The van der Waals surface area contributed by atoms with E-state index in [4.69, 9.17) is 29.2 Å². The van der Waals surface area contributed by atoms with Gasteiger partial charge in [-0.2, -0.15) is 15.0 Å². The molecule has 1 aromatic heterocycles. The zero-order valence-corrected chi connectivity index (χ0v) is 22.5. The molecule has 3 aliphatic heterocycles. The molecule has 0 bridgehead atoms. The van der Waals surface area contributed by atoms with E-state index in [1.807, 2.05) is 26.0 Å². The van der Waals surface area contributed by atoms with Crippen LogP contribution in [-0.4, -0.2) is 79.6 Å². The lowest BCUT2D eigenvalue weighted by Gasteiger charge is -2.30. The normalized spacial score (nSPS) is 18.2. The van der Waals surface area contributed by atoms with E-state index in [-0.39, 0.29) is 5.97 Å². The van der Waals surface area contributed by atoms with Crippen LogP contribution < -0.4 is 20.4 Å². The molecule has 0 unspecified atom stereocenters. The van der Waals surface area contributed by atoms with Gasteiger partial charge in [-0.15, -0.1) is 0 Å². The van der Waals surface area contributed by atoms with Gasteiger partial charge in [-0.3, -0.25) is 0 Å². The number of morpholine rings is 2. The Morgan fingerprint density at radius 2 is 1.35 bits per heavy atom. The van der Waals surface area contributed by atoms with E-state index in [0.29, 0.717) is 61.1 Å². The van der Waals surface area contributed by atoms with Crippen LogP contribution in [0.5, 0.6) is 0 Å². The molecule has 0 atom stereocenters. The molecule has 12 heteroatoms. The smallest absolute Gasteiger partial charge is 0.339 e. The van der Waals surface area contributed by atoms with Crippen molar-refractivity contribution in [3.8, 4) is 11.4 Å². The first-order valence-electron chi connectivity index (χ1n) is 13.3. The van der Waals surface area contributed by atoms with E-state index in [1.54, 1.807) is 30.3 Å². The minimum atomic E-state index is -0.741. The van der Waals surface area contributed by atoms with Crippen LogP contribution in [0, 0.1) is 0 Å². The summed E-state index contributed by atoms with van der Waals surface area (Å²) in [6, 6.07) is 12.1. The van der Waals surface area contributed by atoms with Gasteiger partial charge in [0.1, 0.15) is 5.60 Å². The summed E-state index contributed by atoms with van der Waals surface area (Å²) >= 11 is 0. The summed E-state index contributed by atoms with van der Waals surface area (Å²) < 4.78 is 16.4. The Morgan fingerprint density at radius 1 is 0.800 bits per heavy atom. The van der Waals surface area contributed by atoms with Crippen molar-refractivity contribution in [3.63, 3.8) is 0 Å². The molecule has 2 amide bonds. The lowest BCUT2D eigenvalue weighted by atomic mass is 9.95. The predicted octanol–water partition coefficient (Wildman–Crippen LogP) is 3.26. The third-order valence-electron chi connectivity index (χ3n) is 7.09. The largest absolute Gasteiger partial charge is 0.451 e. The molecule has 2 fully saturated rings. The van der Waals surface area contributed by atoms with Crippen molar-refractivity contribution in [2.24, 2.45) is 0 Å². The quantitative estimate of drug-likeness (QED) is 0.461. The van der Waals surface area contributed by atoms with Crippen LogP contribution in [0.2, 0.25) is 0 Å². The molecule has 3 aliphatic rings. The Hall–Kier alpha value is -4.29. The van der Waals surface area contributed by atoms with Crippen molar-refractivity contribution < 1.29 is 23.8 Å². The lowest BCUT2D eigenvalue weighted by molar-refractivity contribution is 0.00954. The number of anilines is 4. The summed E-state index contributed by atoms with van der Waals surface area (Å²) in [6.45, 7) is 9.03. The molecule has 0 aliphatic carbocycles. The summed E-state index contributed by atoms with van der Waals surface area (Å²) in [7, 11) is 0. The minimum absolute atomic E-state index is 0.358. The van der Waals surface area contributed by atoms with Gasteiger partial charge in [0, 0.05) is 48.7 Å². The molecule has 208 valence electrons. The van der Waals surface area contributed by atoms with E-state index < -0.39 is 11.6 Å². The Labute approximate surface area is 231 Å².